The Morgan fingerprint density at radius 1 is 1.30 bits per heavy atom. The molecule has 1 saturated carbocycles. The van der Waals surface area contributed by atoms with Crippen LogP contribution in [0.4, 0.5) is 5.82 Å². The van der Waals surface area contributed by atoms with Gasteiger partial charge in [-0.25, -0.2) is 4.98 Å². The van der Waals surface area contributed by atoms with Crippen molar-refractivity contribution in [2.24, 2.45) is 5.73 Å². The van der Waals surface area contributed by atoms with Crippen LogP contribution >= 0.6 is 0 Å². The summed E-state index contributed by atoms with van der Waals surface area (Å²) in [5.41, 5.74) is 7.16. The fourth-order valence-corrected chi connectivity index (χ4v) is 3.10. The third kappa shape index (κ3) is 2.20. The molecule has 0 amide bonds. The van der Waals surface area contributed by atoms with E-state index in [2.05, 4.69) is 11.9 Å². The highest BCUT2D eigenvalue weighted by atomic mass is 16.5. The zero-order valence-electron chi connectivity index (χ0n) is 12.0. The van der Waals surface area contributed by atoms with Crippen LogP contribution in [0, 0.1) is 0 Å². The average molecular weight is 271 g/mol. The van der Waals surface area contributed by atoms with Gasteiger partial charge in [-0.2, -0.15) is 0 Å². The van der Waals surface area contributed by atoms with Crippen LogP contribution in [0.25, 0.3) is 10.9 Å². The summed E-state index contributed by atoms with van der Waals surface area (Å²) >= 11 is 0. The molecule has 1 aliphatic carbocycles. The molecule has 0 aliphatic heterocycles. The maximum atomic E-state index is 6.20. The standard InChI is InChI=1S/C16H21N3O/c1-19(14-9-5-7-12(14)17)16-10-15(20-2)11-6-3-4-8-13(11)18-16/h3-4,6,8,10,12,14H,5,7,9,17H2,1-2H3. The zero-order valence-corrected chi connectivity index (χ0v) is 12.0. The van der Waals surface area contributed by atoms with Crippen molar-refractivity contribution in [1.29, 1.82) is 0 Å². The highest BCUT2D eigenvalue weighted by molar-refractivity contribution is 5.87. The first-order valence-electron chi connectivity index (χ1n) is 7.13. The molecule has 1 heterocycles. The van der Waals surface area contributed by atoms with E-state index in [4.69, 9.17) is 15.5 Å². The summed E-state index contributed by atoms with van der Waals surface area (Å²) in [6, 6.07) is 10.7. The van der Waals surface area contributed by atoms with E-state index >= 15 is 0 Å². The van der Waals surface area contributed by atoms with E-state index in [9.17, 15) is 0 Å². The number of ether oxygens (including phenoxy) is 1. The van der Waals surface area contributed by atoms with Crippen molar-refractivity contribution in [3.8, 4) is 5.75 Å². The van der Waals surface area contributed by atoms with Crippen molar-refractivity contribution in [2.75, 3.05) is 19.1 Å². The minimum Gasteiger partial charge on any atom is -0.496 e. The molecule has 2 atom stereocenters. The number of hydrogen-bond donors (Lipinski definition) is 1. The number of aromatic nitrogens is 1. The molecule has 2 aromatic rings. The van der Waals surface area contributed by atoms with Gasteiger partial charge in [0.15, 0.2) is 0 Å². The molecule has 1 fully saturated rings. The third-order valence-electron chi connectivity index (χ3n) is 4.28. The first-order valence-corrected chi connectivity index (χ1v) is 7.13. The number of pyridine rings is 1. The van der Waals surface area contributed by atoms with Gasteiger partial charge in [0.25, 0.3) is 0 Å². The van der Waals surface area contributed by atoms with Crippen LogP contribution in [0.15, 0.2) is 30.3 Å². The van der Waals surface area contributed by atoms with Crippen LogP contribution in [0.5, 0.6) is 5.75 Å². The molecule has 4 heteroatoms. The van der Waals surface area contributed by atoms with E-state index in [1.807, 2.05) is 30.3 Å². The second-order valence-electron chi connectivity index (χ2n) is 5.47. The van der Waals surface area contributed by atoms with Gasteiger partial charge in [-0.05, 0) is 31.4 Å². The average Bonchev–Trinajstić information content (AvgIpc) is 2.91. The first kappa shape index (κ1) is 13.2. The number of nitrogens with two attached hydrogens (primary N) is 1. The van der Waals surface area contributed by atoms with Crippen molar-refractivity contribution in [1.82, 2.24) is 4.98 Å². The van der Waals surface area contributed by atoms with Crippen molar-refractivity contribution in [3.63, 3.8) is 0 Å². The highest BCUT2D eigenvalue weighted by Gasteiger charge is 2.28. The van der Waals surface area contributed by atoms with Crippen LogP contribution in [0.2, 0.25) is 0 Å². The molecule has 4 nitrogen and oxygen atoms in total. The number of rotatable bonds is 3. The maximum Gasteiger partial charge on any atom is 0.133 e. The Bertz CT molecular complexity index is 614. The Morgan fingerprint density at radius 3 is 2.80 bits per heavy atom. The molecule has 20 heavy (non-hydrogen) atoms. The van der Waals surface area contributed by atoms with Crippen LogP contribution in [0.3, 0.4) is 0 Å². The lowest BCUT2D eigenvalue weighted by Gasteiger charge is -2.29. The van der Waals surface area contributed by atoms with Gasteiger partial charge in [-0.15, -0.1) is 0 Å². The molecule has 0 bridgehead atoms. The summed E-state index contributed by atoms with van der Waals surface area (Å²) in [5.74, 6) is 1.80. The number of anilines is 1. The van der Waals surface area contributed by atoms with Crippen LogP contribution in [-0.2, 0) is 0 Å². The van der Waals surface area contributed by atoms with Gasteiger partial charge in [0, 0.05) is 30.6 Å². The lowest BCUT2D eigenvalue weighted by atomic mass is 10.1. The molecule has 106 valence electrons. The summed E-state index contributed by atoms with van der Waals surface area (Å²) in [6.07, 6.45) is 3.43. The molecule has 2 unspecified atom stereocenters. The molecular formula is C16H21N3O. The van der Waals surface area contributed by atoms with Gasteiger partial charge in [-0.1, -0.05) is 12.1 Å². The summed E-state index contributed by atoms with van der Waals surface area (Å²) < 4.78 is 5.51. The van der Waals surface area contributed by atoms with Crippen molar-refractivity contribution in [2.45, 2.75) is 31.3 Å². The molecule has 2 N–H and O–H groups in total. The smallest absolute Gasteiger partial charge is 0.133 e. The Labute approximate surface area is 119 Å². The van der Waals surface area contributed by atoms with Crippen molar-refractivity contribution < 1.29 is 4.74 Å². The van der Waals surface area contributed by atoms with Gasteiger partial charge in [0.1, 0.15) is 11.6 Å². The Kier molecular flexibility index (Phi) is 3.49. The monoisotopic (exact) mass is 271 g/mol. The second-order valence-corrected chi connectivity index (χ2v) is 5.47. The number of methoxy groups -OCH3 is 1. The summed E-state index contributed by atoms with van der Waals surface area (Å²) in [4.78, 5) is 6.95. The number of hydrogen-bond acceptors (Lipinski definition) is 4. The Hall–Kier alpha value is -1.81. The number of likely N-dealkylation sites (N-methyl/N-ethyl adjacent to an activating group) is 1. The van der Waals surface area contributed by atoms with Gasteiger partial charge in [0.05, 0.1) is 12.6 Å². The second kappa shape index (κ2) is 5.29. The molecular weight excluding hydrogens is 250 g/mol. The molecule has 1 aliphatic rings. The van der Waals surface area contributed by atoms with Crippen molar-refractivity contribution in [3.05, 3.63) is 30.3 Å². The lowest BCUT2D eigenvalue weighted by molar-refractivity contribution is 0.419. The number of fused-ring (bicyclic) bond motifs is 1. The Balaban J connectivity index is 2.03. The molecule has 1 aromatic heterocycles. The number of para-hydroxylation sites is 1. The fraction of sp³-hybridized carbons (Fsp3) is 0.438. The first-order chi connectivity index (χ1) is 9.70. The molecule has 0 radical (unpaired) electrons. The number of benzene rings is 1. The van der Waals surface area contributed by atoms with E-state index < -0.39 is 0 Å². The summed E-state index contributed by atoms with van der Waals surface area (Å²) in [5, 5.41) is 1.04. The van der Waals surface area contributed by atoms with Crippen LogP contribution in [0.1, 0.15) is 19.3 Å². The quantitative estimate of drug-likeness (QED) is 0.932. The third-order valence-corrected chi connectivity index (χ3v) is 4.28. The lowest BCUT2D eigenvalue weighted by Crippen LogP contribution is -2.42. The molecule has 3 rings (SSSR count). The molecule has 1 aromatic carbocycles. The predicted molar refractivity (Wildman–Crippen MR) is 82.3 cm³/mol. The minimum absolute atomic E-state index is 0.235. The van der Waals surface area contributed by atoms with E-state index in [1.54, 1.807) is 7.11 Å². The topological polar surface area (TPSA) is 51.4 Å². The fourth-order valence-electron chi connectivity index (χ4n) is 3.10. The van der Waals surface area contributed by atoms with Crippen molar-refractivity contribution >= 4 is 16.7 Å². The molecule has 0 spiro atoms. The normalized spacial score (nSPS) is 22.1. The Morgan fingerprint density at radius 2 is 2.10 bits per heavy atom. The SMILES string of the molecule is COc1cc(N(C)C2CCCC2N)nc2ccccc12. The summed E-state index contributed by atoms with van der Waals surface area (Å²) in [7, 11) is 3.78. The van der Waals surface area contributed by atoms with Crippen LogP contribution in [-0.4, -0.2) is 31.2 Å². The highest BCUT2D eigenvalue weighted by Crippen LogP contribution is 2.31. The van der Waals surface area contributed by atoms with Gasteiger partial charge in [-0.3, -0.25) is 0 Å². The van der Waals surface area contributed by atoms with Gasteiger partial charge in [0.2, 0.25) is 0 Å². The summed E-state index contributed by atoms with van der Waals surface area (Å²) in [6.45, 7) is 0. The van der Waals surface area contributed by atoms with Gasteiger partial charge < -0.3 is 15.4 Å². The van der Waals surface area contributed by atoms with Gasteiger partial charge >= 0.3 is 0 Å². The minimum atomic E-state index is 0.235. The predicted octanol–water partition coefficient (Wildman–Crippen LogP) is 2.56. The zero-order chi connectivity index (χ0) is 14.1. The number of nitrogens with zero attached hydrogens (tertiary/aromatic N) is 2. The van der Waals surface area contributed by atoms with E-state index in [1.165, 1.54) is 6.42 Å². The largest absolute Gasteiger partial charge is 0.496 e. The maximum absolute atomic E-state index is 6.20. The van der Waals surface area contributed by atoms with E-state index in [0.29, 0.717) is 6.04 Å². The molecule has 0 saturated heterocycles. The van der Waals surface area contributed by atoms with E-state index in [0.717, 1.165) is 35.3 Å². The van der Waals surface area contributed by atoms with Crippen LogP contribution < -0.4 is 15.4 Å². The van der Waals surface area contributed by atoms with E-state index in [-0.39, 0.29) is 6.04 Å².